The Morgan fingerprint density at radius 1 is 0.279 bits per heavy atom. The van der Waals surface area contributed by atoms with Crippen molar-refractivity contribution >= 4 is 31.5 Å². The smallest absolute Gasteiger partial charge is 0.0433 e. The van der Waals surface area contributed by atoms with E-state index in [2.05, 4.69) is 158 Å². The Labute approximate surface area is 255 Å². The SMILES string of the molecule is c1cc(-c2ccc3c(c2)-c2ccccc2-c2ccccc2-c2ccccc2-3)cc(-c2cccc3c2sc2ccccc23)c1. The third-order valence-electron chi connectivity index (χ3n) is 8.87. The predicted molar refractivity (Wildman–Crippen MR) is 186 cm³/mol. The van der Waals surface area contributed by atoms with E-state index in [9.17, 15) is 0 Å². The summed E-state index contributed by atoms with van der Waals surface area (Å²) >= 11 is 1.89. The van der Waals surface area contributed by atoms with E-state index in [1.807, 2.05) is 11.3 Å². The number of hydrogen-bond acceptors (Lipinski definition) is 1. The van der Waals surface area contributed by atoms with E-state index in [0.717, 1.165) is 0 Å². The summed E-state index contributed by atoms with van der Waals surface area (Å²) in [6, 6.07) is 58.1. The van der Waals surface area contributed by atoms with Crippen LogP contribution in [0.25, 0.3) is 86.9 Å². The van der Waals surface area contributed by atoms with Gasteiger partial charge in [-0.05, 0) is 85.0 Å². The largest absolute Gasteiger partial charge is 0.135 e. The minimum Gasteiger partial charge on any atom is -0.135 e. The first-order chi connectivity index (χ1) is 21.3. The van der Waals surface area contributed by atoms with Crippen LogP contribution in [0.2, 0.25) is 0 Å². The zero-order chi connectivity index (χ0) is 28.3. The van der Waals surface area contributed by atoms with Crippen LogP contribution in [0.1, 0.15) is 0 Å². The van der Waals surface area contributed by atoms with Gasteiger partial charge in [0.15, 0.2) is 0 Å². The third-order valence-corrected chi connectivity index (χ3v) is 10.1. The highest BCUT2D eigenvalue weighted by Crippen LogP contribution is 2.48. The quantitative estimate of drug-likeness (QED) is 0.197. The molecule has 0 aliphatic heterocycles. The maximum Gasteiger partial charge on any atom is 0.0433 e. The molecule has 1 heteroatoms. The van der Waals surface area contributed by atoms with E-state index in [4.69, 9.17) is 0 Å². The molecule has 0 N–H and O–H groups in total. The first-order valence-electron chi connectivity index (χ1n) is 14.8. The Kier molecular flexibility index (Phi) is 5.47. The van der Waals surface area contributed by atoms with Crippen molar-refractivity contribution in [3.05, 3.63) is 158 Å². The second-order valence-electron chi connectivity index (χ2n) is 11.3. The fraction of sp³-hybridized carbons (Fsp3) is 0. The second-order valence-corrected chi connectivity index (χ2v) is 12.3. The van der Waals surface area contributed by atoms with Gasteiger partial charge in [-0.25, -0.2) is 0 Å². The molecule has 1 heterocycles. The van der Waals surface area contributed by atoms with Crippen LogP contribution in [0.3, 0.4) is 0 Å². The highest BCUT2D eigenvalue weighted by molar-refractivity contribution is 7.26. The van der Waals surface area contributed by atoms with Crippen molar-refractivity contribution in [2.24, 2.45) is 0 Å². The lowest BCUT2D eigenvalue weighted by atomic mass is 9.80. The van der Waals surface area contributed by atoms with Gasteiger partial charge >= 0.3 is 0 Å². The zero-order valence-corrected chi connectivity index (χ0v) is 24.2. The molecule has 0 amide bonds. The van der Waals surface area contributed by atoms with Gasteiger partial charge in [0.25, 0.3) is 0 Å². The topological polar surface area (TPSA) is 0 Å². The van der Waals surface area contributed by atoms with Gasteiger partial charge in [0.2, 0.25) is 0 Å². The van der Waals surface area contributed by atoms with Crippen molar-refractivity contribution in [2.75, 3.05) is 0 Å². The van der Waals surface area contributed by atoms with Crippen molar-refractivity contribution in [3.63, 3.8) is 0 Å². The normalized spacial score (nSPS) is 11.7. The molecule has 200 valence electrons. The average Bonchev–Trinajstić information content (AvgIpc) is 3.47. The molecule has 0 saturated heterocycles. The van der Waals surface area contributed by atoms with Crippen LogP contribution in [-0.2, 0) is 0 Å². The molecule has 9 rings (SSSR count). The van der Waals surface area contributed by atoms with Crippen molar-refractivity contribution in [3.8, 4) is 66.8 Å². The lowest BCUT2D eigenvalue weighted by Gasteiger charge is -2.23. The van der Waals surface area contributed by atoms with Crippen LogP contribution in [0.15, 0.2) is 158 Å². The van der Waals surface area contributed by atoms with Gasteiger partial charge in [-0.2, -0.15) is 0 Å². The monoisotopic (exact) mass is 562 g/mol. The standard InChI is InChI=1S/C42H26S/c1-2-14-32-31(13-1)33-15-3-4-17-35(33)37-24-23-28(26-40(37)36-18-6-5-16-34(32)36)27-11-9-12-29(25-27)30-20-10-21-39-38-19-7-8-22-41(38)43-42(30)39/h1-26H. The fourth-order valence-corrected chi connectivity index (χ4v) is 8.12. The molecule has 1 aliphatic carbocycles. The molecule has 7 aromatic carbocycles. The summed E-state index contributed by atoms with van der Waals surface area (Å²) in [6.45, 7) is 0. The Hall–Kier alpha value is -5.24. The second kappa shape index (κ2) is 9.66. The predicted octanol–water partition coefficient (Wildman–Crippen LogP) is 12.4. The highest BCUT2D eigenvalue weighted by Gasteiger charge is 2.22. The summed E-state index contributed by atoms with van der Waals surface area (Å²) in [4.78, 5) is 0. The van der Waals surface area contributed by atoms with E-state index in [1.165, 1.54) is 86.9 Å². The van der Waals surface area contributed by atoms with E-state index < -0.39 is 0 Å². The van der Waals surface area contributed by atoms with E-state index in [-0.39, 0.29) is 0 Å². The lowest BCUT2D eigenvalue weighted by molar-refractivity contribution is 1.51. The number of rotatable bonds is 2. The van der Waals surface area contributed by atoms with Crippen molar-refractivity contribution in [2.45, 2.75) is 0 Å². The first kappa shape index (κ1) is 24.4. The maximum absolute atomic E-state index is 2.40. The van der Waals surface area contributed by atoms with Crippen molar-refractivity contribution in [1.29, 1.82) is 0 Å². The van der Waals surface area contributed by atoms with Crippen LogP contribution >= 0.6 is 11.3 Å². The average molecular weight is 563 g/mol. The molecule has 43 heavy (non-hydrogen) atoms. The molecular weight excluding hydrogens is 537 g/mol. The van der Waals surface area contributed by atoms with Crippen molar-refractivity contribution in [1.82, 2.24) is 0 Å². The maximum atomic E-state index is 2.40. The minimum atomic E-state index is 1.23. The molecule has 0 saturated carbocycles. The molecule has 0 fully saturated rings. The fourth-order valence-electron chi connectivity index (χ4n) is 6.88. The third kappa shape index (κ3) is 3.82. The Morgan fingerprint density at radius 3 is 1.42 bits per heavy atom. The summed E-state index contributed by atoms with van der Waals surface area (Å²) < 4.78 is 2.69. The van der Waals surface area contributed by atoms with E-state index in [0.29, 0.717) is 0 Å². The molecule has 1 aromatic heterocycles. The van der Waals surface area contributed by atoms with Crippen LogP contribution in [-0.4, -0.2) is 0 Å². The molecule has 0 atom stereocenters. The molecule has 0 spiro atoms. The van der Waals surface area contributed by atoms with Gasteiger partial charge in [-0.3, -0.25) is 0 Å². The van der Waals surface area contributed by atoms with Gasteiger partial charge in [0, 0.05) is 20.2 Å². The minimum absolute atomic E-state index is 1.23. The Balaban J connectivity index is 1.25. The van der Waals surface area contributed by atoms with Crippen LogP contribution in [0.5, 0.6) is 0 Å². The highest BCUT2D eigenvalue weighted by atomic mass is 32.1. The molecule has 8 aromatic rings. The summed E-state index contributed by atoms with van der Waals surface area (Å²) in [5, 5.41) is 2.67. The molecular formula is C42H26S. The molecule has 0 nitrogen and oxygen atoms in total. The number of hydrogen-bond donors (Lipinski definition) is 0. The van der Waals surface area contributed by atoms with Crippen LogP contribution < -0.4 is 0 Å². The zero-order valence-electron chi connectivity index (χ0n) is 23.4. The van der Waals surface area contributed by atoms with Gasteiger partial charge in [-0.15, -0.1) is 11.3 Å². The van der Waals surface area contributed by atoms with Gasteiger partial charge < -0.3 is 0 Å². The number of benzene rings is 7. The molecule has 0 bridgehead atoms. The summed E-state index contributed by atoms with van der Waals surface area (Å²) in [7, 11) is 0. The van der Waals surface area contributed by atoms with Gasteiger partial charge in [-0.1, -0.05) is 140 Å². The summed E-state index contributed by atoms with van der Waals surface area (Å²) in [5.74, 6) is 0. The van der Waals surface area contributed by atoms with Crippen LogP contribution in [0.4, 0.5) is 0 Å². The van der Waals surface area contributed by atoms with Crippen molar-refractivity contribution < 1.29 is 0 Å². The van der Waals surface area contributed by atoms with E-state index in [1.54, 1.807) is 0 Å². The van der Waals surface area contributed by atoms with Crippen LogP contribution in [0, 0.1) is 0 Å². The summed E-state index contributed by atoms with van der Waals surface area (Å²) in [5.41, 5.74) is 15.2. The number of fused-ring (bicyclic) bond motifs is 11. The van der Waals surface area contributed by atoms with Gasteiger partial charge in [0.05, 0.1) is 0 Å². The Bertz CT molecular complexity index is 2350. The molecule has 1 aliphatic rings. The first-order valence-corrected chi connectivity index (χ1v) is 15.6. The summed E-state index contributed by atoms with van der Waals surface area (Å²) in [6.07, 6.45) is 0. The number of thiophene rings is 1. The Morgan fingerprint density at radius 2 is 0.744 bits per heavy atom. The molecule has 0 unspecified atom stereocenters. The lowest BCUT2D eigenvalue weighted by Crippen LogP contribution is -1.97. The van der Waals surface area contributed by atoms with Gasteiger partial charge in [0.1, 0.15) is 0 Å². The van der Waals surface area contributed by atoms with E-state index >= 15 is 0 Å². The molecule has 0 radical (unpaired) electrons.